The number of imide groups is 1. The molecular formula is C20H24ClN3O4. The molecule has 150 valence electrons. The SMILES string of the molecule is CC(C)(CCl)C(=O)NC1CCN(C(=O)CN2C(=O)c3ccccc3C2=O)CC1. The van der Waals surface area contributed by atoms with Crippen molar-refractivity contribution in [3.8, 4) is 0 Å². The summed E-state index contributed by atoms with van der Waals surface area (Å²) in [4.78, 5) is 52.3. The lowest BCUT2D eigenvalue weighted by molar-refractivity contribution is -0.133. The summed E-state index contributed by atoms with van der Waals surface area (Å²) in [5, 5.41) is 2.99. The number of carbonyl (C=O) groups is 4. The maximum Gasteiger partial charge on any atom is 0.262 e. The maximum absolute atomic E-state index is 12.6. The Labute approximate surface area is 169 Å². The summed E-state index contributed by atoms with van der Waals surface area (Å²) in [6.45, 7) is 4.25. The Morgan fingerprint density at radius 2 is 1.64 bits per heavy atom. The molecule has 1 aromatic carbocycles. The zero-order chi connectivity index (χ0) is 20.5. The summed E-state index contributed by atoms with van der Waals surface area (Å²) in [5.41, 5.74) is 0.0345. The van der Waals surface area contributed by atoms with Gasteiger partial charge in [0.1, 0.15) is 6.54 Å². The van der Waals surface area contributed by atoms with Gasteiger partial charge in [-0.1, -0.05) is 12.1 Å². The highest BCUT2D eigenvalue weighted by molar-refractivity contribution is 6.22. The molecule has 7 nitrogen and oxygen atoms in total. The van der Waals surface area contributed by atoms with Crippen LogP contribution in [-0.4, -0.2) is 65.0 Å². The second-order valence-corrected chi connectivity index (χ2v) is 8.16. The minimum absolute atomic E-state index is 0.0154. The summed E-state index contributed by atoms with van der Waals surface area (Å²) in [5.74, 6) is -0.992. The van der Waals surface area contributed by atoms with E-state index in [1.807, 2.05) is 0 Å². The van der Waals surface area contributed by atoms with Crippen LogP contribution in [-0.2, 0) is 9.59 Å². The summed E-state index contributed by atoms with van der Waals surface area (Å²) >= 11 is 5.84. The number of halogens is 1. The van der Waals surface area contributed by atoms with Gasteiger partial charge >= 0.3 is 0 Å². The Morgan fingerprint density at radius 3 is 2.14 bits per heavy atom. The molecule has 0 aliphatic carbocycles. The molecule has 4 amide bonds. The molecule has 2 heterocycles. The van der Waals surface area contributed by atoms with Gasteiger partial charge in [-0.05, 0) is 38.8 Å². The largest absolute Gasteiger partial charge is 0.353 e. The van der Waals surface area contributed by atoms with Gasteiger partial charge in [-0.2, -0.15) is 0 Å². The molecule has 28 heavy (non-hydrogen) atoms. The predicted octanol–water partition coefficient (Wildman–Crippen LogP) is 1.65. The molecule has 3 rings (SSSR count). The van der Waals surface area contributed by atoms with E-state index < -0.39 is 17.2 Å². The fourth-order valence-corrected chi connectivity index (χ4v) is 3.45. The van der Waals surface area contributed by atoms with E-state index in [1.165, 1.54) is 0 Å². The second kappa shape index (κ2) is 7.91. The van der Waals surface area contributed by atoms with Gasteiger partial charge in [0.15, 0.2) is 0 Å². The van der Waals surface area contributed by atoms with E-state index in [9.17, 15) is 19.2 Å². The highest BCUT2D eigenvalue weighted by Crippen LogP contribution is 2.23. The molecule has 0 atom stereocenters. The number of carbonyl (C=O) groups excluding carboxylic acids is 4. The van der Waals surface area contributed by atoms with E-state index in [1.54, 1.807) is 43.0 Å². The standard InChI is InChI=1S/C20H24ClN3O4/c1-20(2,12-21)19(28)22-13-7-9-23(10-8-13)16(25)11-24-17(26)14-5-3-4-6-15(14)18(24)27/h3-6,13H,7-12H2,1-2H3,(H,22,28). The first-order valence-corrected chi connectivity index (χ1v) is 9.88. The lowest BCUT2D eigenvalue weighted by Gasteiger charge is -2.34. The van der Waals surface area contributed by atoms with Crippen molar-refractivity contribution in [2.24, 2.45) is 5.41 Å². The van der Waals surface area contributed by atoms with Gasteiger partial charge in [-0.3, -0.25) is 24.1 Å². The van der Waals surface area contributed by atoms with Crippen LogP contribution in [0.4, 0.5) is 0 Å². The molecule has 1 saturated heterocycles. The van der Waals surface area contributed by atoms with Crippen molar-refractivity contribution in [3.05, 3.63) is 35.4 Å². The number of piperidine rings is 1. The number of alkyl halides is 1. The van der Waals surface area contributed by atoms with Crippen molar-refractivity contribution >= 4 is 35.2 Å². The van der Waals surface area contributed by atoms with Gasteiger partial charge in [0.05, 0.1) is 16.5 Å². The van der Waals surface area contributed by atoms with E-state index in [2.05, 4.69) is 5.32 Å². The van der Waals surface area contributed by atoms with E-state index in [4.69, 9.17) is 11.6 Å². The van der Waals surface area contributed by atoms with Crippen molar-refractivity contribution in [2.45, 2.75) is 32.7 Å². The number of nitrogens with zero attached hydrogens (tertiary/aromatic N) is 2. The molecule has 0 saturated carbocycles. The van der Waals surface area contributed by atoms with Gasteiger partial charge in [0.25, 0.3) is 11.8 Å². The fraction of sp³-hybridized carbons (Fsp3) is 0.500. The van der Waals surface area contributed by atoms with Crippen molar-refractivity contribution in [1.82, 2.24) is 15.1 Å². The van der Waals surface area contributed by atoms with Crippen molar-refractivity contribution in [1.29, 1.82) is 0 Å². The summed E-state index contributed by atoms with van der Waals surface area (Å²) < 4.78 is 0. The maximum atomic E-state index is 12.6. The van der Waals surface area contributed by atoms with Crippen LogP contribution in [0.5, 0.6) is 0 Å². The third-order valence-corrected chi connectivity index (χ3v) is 5.97. The first-order valence-electron chi connectivity index (χ1n) is 9.34. The van der Waals surface area contributed by atoms with Gasteiger partial charge in [-0.15, -0.1) is 11.6 Å². The van der Waals surface area contributed by atoms with E-state index in [0.717, 1.165) is 4.90 Å². The summed E-state index contributed by atoms with van der Waals surface area (Å²) in [7, 11) is 0. The molecule has 1 fully saturated rings. The van der Waals surface area contributed by atoms with E-state index >= 15 is 0 Å². The van der Waals surface area contributed by atoms with Crippen LogP contribution in [0.15, 0.2) is 24.3 Å². The normalized spacial score (nSPS) is 17.7. The number of likely N-dealkylation sites (tertiary alicyclic amines) is 1. The van der Waals surface area contributed by atoms with Crippen molar-refractivity contribution in [3.63, 3.8) is 0 Å². The molecule has 0 unspecified atom stereocenters. The van der Waals surface area contributed by atoms with Crippen molar-refractivity contribution < 1.29 is 19.2 Å². The van der Waals surface area contributed by atoms with Crippen LogP contribution < -0.4 is 5.32 Å². The Balaban J connectivity index is 1.53. The molecule has 1 aromatic rings. The van der Waals surface area contributed by atoms with Crippen LogP contribution >= 0.6 is 11.6 Å². The molecule has 0 spiro atoms. The minimum atomic E-state index is -0.639. The Morgan fingerprint density at radius 1 is 1.11 bits per heavy atom. The molecule has 0 radical (unpaired) electrons. The van der Waals surface area contributed by atoms with Crippen LogP contribution in [0, 0.1) is 5.41 Å². The van der Waals surface area contributed by atoms with Crippen LogP contribution in [0.1, 0.15) is 47.4 Å². The second-order valence-electron chi connectivity index (χ2n) is 7.89. The quantitative estimate of drug-likeness (QED) is 0.596. The highest BCUT2D eigenvalue weighted by atomic mass is 35.5. The Hall–Kier alpha value is -2.41. The first-order chi connectivity index (χ1) is 13.2. The first kappa shape index (κ1) is 20.3. The molecule has 2 aliphatic heterocycles. The smallest absolute Gasteiger partial charge is 0.262 e. The topological polar surface area (TPSA) is 86.8 Å². The minimum Gasteiger partial charge on any atom is -0.353 e. The number of nitrogens with one attached hydrogen (secondary N) is 1. The molecule has 8 heteroatoms. The molecule has 0 aromatic heterocycles. The average Bonchev–Trinajstić information content (AvgIpc) is 2.93. The van der Waals surface area contributed by atoms with E-state index in [0.29, 0.717) is 37.1 Å². The molecule has 0 bridgehead atoms. The Kier molecular flexibility index (Phi) is 5.74. The lowest BCUT2D eigenvalue weighted by atomic mass is 9.93. The average molecular weight is 406 g/mol. The van der Waals surface area contributed by atoms with Gasteiger partial charge in [0.2, 0.25) is 11.8 Å². The molecule has 2 aliphatic rings. The summed E-state index contributed by atoms with van der Waals surface area (Å²) in [6, 6.07) is 6.56. The van der Waals surface area contributed by atoms with Crippen LogP contribution in [0.3, 0.4) is 0 Å². The lowest BCUT2D eigenvalue weighted by Crippen LogP contribution is -2.51. The predicted molar refractivity (Wildman–Crippen MR) is 104 cm³/mol. The zero-order valence-corrected chi connectivity index (χ0v) is 16.8. The van der Waals surface area contributed by atoms with Gasteiger partial charge < -0.3 is 10.2 Å². The monoisotopic (exact) mass is 405 g/mol. The number of amides is 4. The third-order valence-electron chi connectivity index (χ3n) is 5.30. The number of hydrogen-bond donors (Lipinski definition) is 1. The number of fused-ring (bicyclic) bond motifs is 1. The van der Waals surface area contributed by atoms with Crippen molar-refractivity contribution in [2.75, 3.05) is 25.5 Å². The molecule has 1 N–H and O–H groups in total. The zero-order valence-electron chi connectivity index (χ0n) is 16.0. The number of hydrogen-bond acceptors (Lipinski definition) is 4. The molecular weight excluding hydrogens is 382 g/mol. The van der Waals surface area contributed by atoms with Gasteiger partial charge in [-0.25, -0.2) is 0 Å². The summed E-state index contributed by atoms with van der Waals surface area (Å²) in [6.07, 6.45) is 1.25. The van der Waals surface area contributed by atoms with Crippen LogP contribution in [0.2, 0.25) is 0 Å². The van der Waals surface area contributed by atoms with Crippen LogP contribution in [0.25, 0.3) is 0 Å². The van der Waals surface area contributed by atoms with Gasteiger partial charge in [0, 0.05) is 25.0 Å². The third kappa shape index (κ3) is 3.90. The fourth-order valence-electron chi connectivity index (χ4n) is 3.33. The van der Waals surface area contributed by atoms with E-state index in [-0.39, 0.29) is 30.3 Å². The number of benzene rings is 1. The number of rotatable bonds is 5. The highest BCUT2D eigenvalue weighted by Gasteiger charge is 2.37. The Bertz CT molecular complexity index is 780.